The summed E-state index contributed by atoms with van der Waals surface area (Å²) in [4.78, 5) is 13.9. The van der Waals surface area contributed by atoms with Gasteiger partial charge in [-0.2, -0.15) is 5.26 Å². The molecule has 0 bridgehead atoms. The number of carbonyl (C=O) groups is 1. The van der Waals surface area contributed by atoms with E-state index in [0.29, 0.717) is 0 Å². The molecule has 4 heteroatoms. The number of rotatable bonds is 2. The standard InChI is InChI=1S/C16H18N2O2/c1-11-7-13(8-12(2)15(11)19)9-14(10-17)16(20)18-5-3-4-6-18/h7-9,19H,3-6H2,1-2H3/b14-9+. The molecule has 1 heterocycles. The second-order valence-electron chi connectivity index (χ2n) is 5.17. The summed E-state index contributed by atoms with van der Waals surface area (Å²) in [5.74, 6) is 0.0555. The lowest BCUT2D eigenvalue weighted by Crippen LogP contribution is -2.28. The molecule has 0 unspecified atom stereocenters. The number of nitrogens with zero attached hydrogens (tertiary/aromatic N) is 2. The van der Waals surface area contributed by atoms with E-state index in [1.54, 1.807) is 37.0 Å². The Morgan fingerprint density at radius 3 is 2.35 bits per heavy atom. The van der Waals surface area contributed by atoms with E-state index in [9.17, 15) is 15.2 Å². The van der Waals surface area contributed by atoms with E-state index in [0.717, 1.165) is 42.6 Å². The highest BCUT2D eigenvalue weighted by molar-refractivity contribution is 6.01. The van der Waals surface area contributed by atoms with Gasteiger partial charge in [-0.1, -0.05) is 0 Å². The summed E-state index contributed by atoms with van der Waals surface area (Å²) in [6.45, 7) is 5.05. The first-order valence-corrected chi connectivity index (χ1v) is 6.74. The minimum Gasteiger partial charge on any atom is -0.507 e. The van der Waals surface area contributed by atoms with Gasteiger partial charge < -0.3 is 10.0 Å². The summed E-state index contributed by atoms with van der Waals surface area (Å²) < 4.78 is 0. The largest absolute Gasteiger partial charge is 0.507 e. The molecule has 0 aromatic heterocycles. The third-order valence-electron chi connectivity index (χ3n) is 3.57. The van der Waals surface area contributed by atoms with Crippen LogP contribution in [0.25, 0.3) is 6.08 Å². The molecule has 1 aliphatic heterocycles. The Labute approximate surface area is 118 Å². The van der Waals surface area contributed by atoms with Gasteiger partial charge in [0.1, 0.15) is 17.4 Å². The van der Waals surface area contributed by atoms with Crippen molar-refractivity contribution >= 4 is 12.0 Å². The molecule has 20 heavy (non-hydrogen) atoms. The summed E-state index contributed by atoms with van der Waals surface area (Å²) in [5, 5.41) is 18.9. The molecule has 1 N–H and O–H groups in total. The van der Waals surface area contributed by atoms with Gasteiger partial charge in [-0.15, -0.1) is 0 Å². The highest BCUT2D eigenvalue weighted by atomic mass is 16.3. The Morgan fingerprint density at radius 1 is 1.30 bits per heavy atom. The fourth-order valence-corrected chi connectivity index (χ4v) is 2.47. The predicted octanol–water partition coefficient (Wildman–Crippen LogP) is 2.54. The highest BCUT2D eigenvalue weighted by Gasteiger charge is 2.21. The minimum atomic E-state index is -0.201. The maximum Gasteiger partial charge on any atom is 0.264 e. The fourth-order valence-electron chi connectivity index (χ4n) is 2.47. The molecule has 1 aromatic rings. The van der Waals surface area contributed by atoms with Gasteiger partial charge in [0.25, 0.3) is 5.91 Å². The topological polar surface area (TPSA) is 64.3 Å². The lowest BCUT2D eigenvalue weighted by atomic mass is 10.0. The molecule has 1 fully saturated rings. The zero-order valence-corrected chi connectivity index (χ0v) is 11.8. The molecule has 104 valence electrons. The predicted molar refractivity (Wildman–Crippen MR) is 77.0 cm³/mol. The number of amides is 1. The lowest BCUT2D eigenvalue weighted by molar-refractivity contribution is -0.125. The van der Waals surface area contributed by atoms with Gasteiger partial charge in [-0.3, -0.25) is 4.79 Å². The molecular weight excluding hydrogens is 252 g/mol. The Morgan fingerprint density at radius 2 is 1.85 bits per heavy atom. The van der Waals surface area contributed by atoms with Crippen molar-refractivity contribution in [3.05, 3.63) is 34.4 Å². The van der Waals surface area contributed by atoms with Gasteiger partial charge in [0, 0.05) is 13.1 Å². The molecule has 0 spiro atoms. The number of benzene rings is 1. The van der Waals surface area contributed by atoms with Crippen molar-refractivity contribution in [2.45, 2.75) is 26.7 Å². The third kappa shape index (κ3) is 2.83. The van der Waals surface area contributed by atoms with Crippen molar-refractivity contribution in [1.82, 2.24) is 4.90 Å². The number of aryl methyl sites for hydroxylation is 2. The molecule has 0 radical (unpaired) electrons. The van der Waals surface area contributed by atoms with Crippen LogP contribution in [0.5, 0.6) is 5.75 Å². The van der Waals surface area contributed by atoms with Crippen molar-refractivity contribution in [2.24, 2.45) is 0 Å². The van der Waals surface area contributed by atoms with Crippen LogP contribution in [0, 0.1) is 25.2 Å². The van der Waals surface area contributed by atoms with Gasteiger partial charge in [0.2, 0.25) is 0 Å². The quantitative estimate of drug-likeness (QED) is 0.663. The van der Waals surface area contributed by atoms with Crippen molar-refractivity contribution in [3.63, 3.8) is 0 Å². The van der Waals surface area contributed by atoms with E-state index in [-0.39, 0.29) is 17.2 Å². The van der Waals surface area contributed by atoms with Gasteiger partial charge in [0.05, 0.1) is 0 Å². The number of likely N-dealkylation sites (tertiary alicyclic amines) is 1. The van der Waals surface area contributed by atoms with E-state index in [1.165, 1.54) is 0 Å². The number of phenols is 1. The summed E-state index contributed by atoms with van der Waals surface area (Å²) >= 11 is 0. The second kappa shape index (κ2) is 5.79. The van der Waals surface area contributed by atoms with Crippen LogP contribution in [0.1, 0.15) is 29.5 Å². The first kappa shape index (κ1) is 14.1. The van der Waals surface area contributed by atoms with Crippen LogP contribution in [-0.2, 0) is 4.79 Å². The average Bonchev–Trinajstić information content (AvgIpc) is 2.95. The van der Waals surface area contributed by atoms with Crippen LogP contribution in [0.15, 0.2) is 17.7 Å². The van der Waals surface area contributed by atoms with Crippen molar-refractivity contribution in [3.8, 4) is 11.8 Å². The highest BCUT2D eigenvalue weighted by Crippen LogP contribution is 2.24. The van der Waals surface area contributed by atoms with E-state index < -0.39 is 0 Å². The Bertz CT molecular complexity index is 582. The maximum absolute atomic E-state index is 12.2. The van der Waals surface area contributed by atoms with E-state index in [2.05, 4.69) is 0 Å². The van der Waals surface area contributed by atoms with E-state index in [4.69, 9.17) is 0 Å². The molecule has 1 saturated heterocycles. The first-order valence-electron chi connectivity index (χ1n) is 6.74. The van der Waals surface area contributed by atoms with Gasteiger partial charge in [0.15, 0.2) is 0 Å². The zero-order chi connectivity index (χ0) is 14.7. The number of nitriles is 1. The molecule has 0 saturated carbocycles. The number of aromatic hydroxyl groups is 1. The number of hydrogen-bond acceptors (Lipinski definition) is 3. The molecule has 0 aliphatic carbocycles. The van der Waals surface area contributed by atoms with Crippen LogP contribution in [0.4, 0.5) is 0 Å². The number of phenolic OH excluding ortho intramolecular Hbond substituents is 1. The maximum atomic E-state index is 12.2. The van der Waals surface area contributed by atoms with Gasteiger partial charge >= 0.3 is 0 Å². The molecule has 0 atom stereocenters. The van der Waals surface area contributed by atoms with Crippen LogP contribution in [0.3, 0.4) is 0 Å². The molecule has 2 rings (SSSR count). The summed E-state index contributed by atoms with van der Waals surface area (Å²) in [6.07, 6.45) is 3.60. The molecule has 1 aliphatic rings. The minimum absolute atomic E-state index is 0.149. The summed E-state index contributed by atoms with van der Waals surface area (Å²) in [6, 6.07) is 5.54. The normalized spacial score (nSPS) is 15.2. The Kier molecular flexibility index (Phi) is 4.09. The average molecular weight is 270 g/mol. The van der Waals surface area contributed by atoms with Crippen molar-refractivity contribution in [2.75, 3.05) is 13.1 Å². The SMILES string of the molecule is Cc1cc(/C=C(\C#N)C(=O)N2CCCC2)cc(C)c1O. The Hall–Kier alpha value is -2.28. The fraction of sp³-hybridized carbons (Fsp3) is 0.375. The van der Waals surface area contributed by atoms with Crippen LogP contribution in [-0.4, -0.2) is 29.0 Å². The molecule has 1 amide bonds. The van der Waals surface area contributed by atoms with Crippen LogP contribution >= 0.6 is 0 Å². The van der Waals surface area contributed by atoms with E-state index in [1.807, 2.05) is 6.07 Å². The van der Waals surface area contributed by atoms with Crippen LogP contribution in [0.2, 0.25) is 0 Å². The third-order valence-corrected chi connectivity index (χ3v) is 3.57. The van der Waals surface area contributed by atoms with Crippen LogP contribution < -0.4 is 0 Å². The van der Waals surface area contributed by atoms with Gasteiger partial charge in [-0.05, 0) is 61.6 Å². The summed E-state index contributed by atoms with van der Waals surface area (Å²) in [5.41, 5.74) is 2.39. The van der Waals surface area contributed by atoms with Gasteiger partial charge in [-0.25, -0.2) is 0 Å². The number of carbonyl (C=O) groups excluding carboxylic acids is 1. The van der Waals surface area contributed by atoms with Crippen molar-refractivity contribution < 1.29 is 9.90 Å². The molecule has 1 aromatic carbocycles. The smallest absolute Gasteiger partial charge is 0.264 e. The zero-order valence-electron chi connectivity index (χ0n) is 11.8. The Balaban J connectivity index is 2.31. The van der Waals surface area contributed by atoms with E-state index >= 15 is 0 Å². The second-order valence-corrected chi connectivity index (χ2v) is 5.17. The molecule has 4 nitrogen and oxygen atoms in total. The number of hydrogen-bond donors (Lipinski definition) is 1. The monoisotopic (exact) mass is 270 g/mol. The summed E-state index contributed by atoms with van der Waals surface area (Å²) in [7, 11) is 0. The molecular formula is C16H18N2O2. The lowest BCUT2D eigenvalue weighted by Gasteiger charge is -2.14. The van der Waals surface area contributed by atoms with Crippen molar-refractivity contribution in [1.29, 1.82) is 5.26 Å². The first-order chi connectivity index (χ1) is 9.52.